The Kier molecular flexibility index (Phi) is 5.26. The Morgan fingerprint density at radius 1 is 1.11 bits per heavy atom. The van der Waals surface area contributed by atoms with Gasteiger partial charge in [-0.25, -0.2) is 12.7 Å². The fourth-order valence-electron chi connectivity index (χ4n) is 3.71. The highest BCUT2D eigenvalue weighted by molar-refractivity contribution is 7.88. The fraction of sp³-hybridized carbons (Fsp3) is 1.00. The molecule has 0 spiro atoms. The largest absolute Gasteiger partial charge is 0.328 e. The minimum Gasteiger partial charge on any atom is -0.328 e. The van der Waals surface area contributed by atoms with Crippen molar-refractivity contribution in [2.75, 3.05) is 19.3 Å². The summed E-state index contributed by atoms with van der Waals surface area (Å²) in [5, 5.41) is 0. The lowest BCUT2D eigenvalue weighted by Crippen LogP contribution is -2.40. The van der Waals surface area contributed by atoms with Crippen LogP contribution in [0.15, 0.2) is 0 Å². The van der Waals surface area contributed by atoms with Gasteiger partial charge in [-0.15, -0.1) is 0 Å². The quantitative estimate of drug-likeness (QED) is 0.807. The zero-order valence-electron chi connectivity index (χ0n) is 12.1. The van der Waals surface area contributed by atoms with Crippen molar-refractivity contribution in [2.24, 2.45) is 17.6 Å². The topological polar surface area (TPSA) is 63.4 Å². The van der Waals surface area contributed by atoms with E-state index in [1.54, 1.807) is 4.31 Å². The number of piperidine rings is 1. The molecule has 2 N–H and O–H groups in total. The van der Waals surface area contributed by atoms with Crippen molar-refractivity contribution < 1.29 is 8.42 Å². The van der Waals surface area contributed by atoms with E-state index < -0.39 is 10.0 Å². The number of sulfonamides is 1. The van der Waals surface area contributed by atoms with Gasteiger partial charge < -0.3 is 5.73 Å². The fourth-order valence-corrected chi connectivity index (χ4v) is 4.65. The Morgan fingerprint density at radius 3 is 2.53 bits per heavy atom. The van der Waals surface area contributed by atoms with Crippen LogP contribution in [0.25, 0.3) is 0 Å². The standard InChI is InChI=1S/C14H28N2O2S/c1-19(17,18)16-8-4-6-13(11-16)9-12-5-2-3-7-14(15)10-12/h12-14H,2-11,15H2,1H3. The van der Waals surface area contributed by atoms with Crippen molar-refractivity contribution in [1.29, 1.82) is 0 Å². The predicted octanol–water partition coefficient (Wildman–Crippen LogP) is 1.96. The van der Waals surface area contributed by atoms with Crippen molar-refractivity contribution in [1.82, 2.24) is 4.31 Å². The van der Waals surface area contributed by atoms with Crippen molar-refractivity contribution >= 4 is 10.0 Å². The van der Waals surface area contributed by atoms with E-state index in [1.165, 1.54) is 38.4 Å². The average molecular weight is 288 g/mol. The summed E-state index contributed by atoms with van der Waals surface area (Å²) in [7, 11) is -3.01. The molecule has 3 atom stereocenters. The van der Waals surface area contributed by atoms with Crippen molar-refractivity contribution in [3.63, 3.8) is 0 Å². The highest BCUT2D eigenvalue weighted by Crippen LogP contribution is 2.31. The third-order valence-corrected chi connectivity index (χ3v) is 5.96. The first-order chi connectivity index (χ1) is 8.95. The van der Waals surface area contributed by atoms with Gasteiger partial charge in [-0.3, -0.25) is 0 Å². The molecule has 0 aromatic heterocycles. The first kappa shape index (κ1) is 15.3. The van der Waals surface area contributed by atoms with Crippen LogP contribution in [0.5, 0.6) is 0 Å². The van der Waals surface area contributed by atoms with E-state index in [4.69, 9.17) is 5.73 Å². The predicted molar refractivity (Wildman–Crippen MR) is 78.3 cm³/mol. The second-order valence-electron chi connectivity index (χ2n) is 6.51. The highest BCUT2D eigenvalue weighted by atomic mass is 32.2. The maximum atomic E-state index is 11.6. The van der Waals surface area contributed by atoms with Gasteiger partial charge in [0, 0.05) is 19.1 Å². The van der Waals surface area contributed by atoms with Gasteiger partial charge in [0.1, 0.15) is 0 Å². The SMILES string of the molecule is CS(=O)(=O)N1CCCC(CC2CCCCC(N)C2)C1. The Hall–Kier alpha value is -0.130. The summed E-state index contributed by atoms with van der Waals surface area (Å²) < 4.78 is 24.9. The molecule has 2 aliphatic rings. The van der Waals surface area contributed by atoms with Gasteiger partial charge >= 0.3 is 0 Å². The molecule has 2 rings (SSSR count). The van der Waals surface area contributed by atoms with Crippen LogP contribution in [-0.4, -0.2) is 38.1 Å². The summed E-state index contributed by atoms with van der Waals surface area (Å²) >= 11 is 0. The molecule has 0 aromatic carbocycles. The molecule has 0 radical (unpaired) electrons. The Morgan fingerprint density at radius 2 is 1.79 bits per heavy atom. The normalized spacial score (nSPS) is 34.9. The minimum absolute atomic E-state index is 0.363. The molecule has 1 aliphatic heterocycles. The molecule has 1 aliphatic carbocycles. The van der Waals surface area contributed by atoms with Crippen LogP contribution < -0.4 is 5.73 Å². The number of hydrogen-bond donors (Lipinski definition) is 1. The van der Waals surface area contributed by atoms with Crippen LogP contribution in [0.3, 0.4) is 0 Å². The molecular weight excluding hydrogens is 260 g/mol. The lowest BCUT2D eigenvalue weighted by Gasteiger charge is -2.33. The third kappa shape index (κ3) is 4.72. The van der Waals surface area contributed by atoms with Crippen LogP contribution in [0.4, 0.5) is 0 Å². The molecule has 1 saturated heterocycles. The van der Waals surface area contributed by atoms with Gasteiger partial charge in [0.2, 0.25) is 10.0 Å². The lowest BCUT2D eigenvalue weighted by molar-refractivity contribution is 0.220. The van der Waals surface area contributed by atoms with Crippen LogP contribution in [0, 0.1) is 11.8 Å². The minimum atomic E-state index is -3.01. The monoisotopic (exact) mass is 288 g/mol. The van der Waals surface area contributed by atoms with E-state index >= 15 is 0 Å². The summed E-state index contributed by atoms with van der Waals surface area (Å²) in [6.07, 6.45) is 10.8. The lowest BCUT2D eigenvalue weighted by atomic mass is 9.84. The highest BCUT2D eigenvalue weighted by Gasteiger charge is 2.28. The Balaban J connectivity index is 1.88. The van der Waals surface area contributed by atoms with E-state index in [9.17, 15) is 8.42 Å². The van der Waals surface area contributed by atoms with Crippen LogP contribution in [-0.2, 0) is 10.0 Å². The molecule has 112 valence electrons. The summed E-state index contributed by atoms with van der Waals surface area (Å²) in [4.78, 5) is 0. The van der Waals surface area contributed by atoms with Crippen LogP contribution in [0.2, 0.25) is 0 Å². The van der Waals surface area contributed by atoms with Crippen molar-refractivity contribution in [2.45, 2.75) is 57.4 Å². The summed E-state index contributed by atoms with van der Waals surface area (Å²) in [6, 6.07) is 0.363. The molecule has 5 heteroatoms. The van der Waals surface area contributed by atoms with Gasteiger partial charge in [-0.05, 0) is 43.9 Å². The first-order valence-corrected chi connectivity index (χ1v) is 9.50. The van der Waals surface area contributed by atoms with Gasteiger partial charge in [0.25, 0.3) is 0 Å². The second kappa shape index (κ2) is 6.55. The van der Waals surface area contributed by atoms with Gasteiger partial charge in [0.15, 0.2) is 0 Å². The zero-order chi connectivity index (χ0) is 13.9. The van der Waals surface area contributed by atoms with Crippen LogP contribution in [0.1, 0.15) is 51.4 Å². The average Bonchev–Trinajstić information content (AvgIpc) is 2.53. The van der Waals surface area contributed by atoms with E-state index in [0.717, 1.165) is 25.8 Å². The van der Waals surface area contributed by atoms with E-state index in [2.05, 4.69) is 0 Å². The molecule has 0 bridgehead atoms. The summed E-state index contributed by atoms with van der Waals surface area (Å²) in [6.45, 7) is 1.43. The molecule has 1 heterocycles. The zero-order valence-corrected chi connectivity index (χ0v) is 12.9. The Bertz CT molecular complexity index is 383. The molecule has 0 amide bonds. The van der Waals surface area contributed by atoms with Crippen LogP contribution >= 0.6 is 0 Å². The summed E-state index contributed by atoms with van der Waals surface area (Å²) in [5.41, 5.74) is 6.12. The number of nitrogens with two attached hydrogens (primary N) is 1. The number of rotatable bonds is 3. The third-order valence-electron chi connectivity index (χ3n) is 4.69. The van der Waals surface area contributed by atoms with Gasteiger partial charge in [-0.2, -0.15) is 0 Å². The smallest absolute Gasteiger partial charge is 0.211 e. The molecule has 3 unspecified atom stereocenters. The molecule has 1 saturated carbocycles. The Labute approximate surface area is 117 Å². The van der Waals surface area contributed by atoms with Gasteiger partial charge in [-0.1, -0.05) is 19.3 Å². The van der Waals surface area contributed by atoms with E-state index in [1.807, 2.05) is 0 Å². The van der Waals surface area contributed by atoms with Gasteiger partial charge in [0.05, 0.1) is 6.26 Å². The maximum absolute atomic E-state index is 11.6. The summed E-state index contributed by atoms with van der Waals surface area (Å²) in [5.74, 6) is 1.25. The van der Waals surface area contributed by atoms with E-state index in [-0.39, 0.29) is 0 Å². The second-order valence-corrected chi connectivity index (χ2v) is 8.49. The molecule has 4 nitrogen and oxygen atoms in total. The molecule has 2 fully saturated rings. The first-order valence-electron chi connectivity index (χ1n) is 7.66. The maximum Gasteiger partial charge on any atom is 0.211 e. The molecular formula is C14H28N2O2S. The number of hydrogen-bond acceptors (Lipinski definition) is 3. The van der Waals surface area contributed by atoms with Crippen molar-refractivity contribution in [3.05, 3.63) is 0 Å². The van der Waals surface area contributed by atoms with E-state index in [0.29, 0.717) is 24.4 Å². The number of nitrogens with zero attached hydrogens (tertiary/aromatic N) is 1. The molecule has 19 heavy (non-hydrogen) atoms. The van der Waals surface area contributed by atoms with Crippen molar-refractivity contribution in [3.8, 4) is 0 Å². The molecule has 0 aromatic rings.